The van der Waals surface area contributed by atoms with Crippen molar-refractivity contribution in [2.75, 3.05) is 20.3 Å². The van der Waals surface area contributed by atoms with Gasteiger partial charge in [0, 0.05) is 5.56 Å². The predicted molar refractivity (Wildman–Crippen MR) is 91.8 cm³/mol. The molecule has 25 heavy (non-hydrogen) atoms. The molecule has 130 valence electrons. The van der Waals surface area contributed by atoms with Crippen LogP contribution in [0.15, 0.2) is 48.5 Å². The van der Waals surface area contributed by atoms with Crippen LogP contribution < -0.4 is 10.1 Å². The number of methoxy groups -OCH3 is 1. The number of carbonyl (C=O) groups excluding carboxylic acids is 3. The Balaban J connectivity index is 1.82. The number of nitrogens with one attached hydrogen (secondary N) is 1. The van der Waals surface area contributed by atoms with E-state index in [0.717, 1.165) is 5.56 Å². The number of carbonyl (C=O) groups is 3. The van der Waals surface area contributed by atoms with E-state index < -0.39 is 12.6 Å². The molecule has 0 aliphatic heterocycles. The van der Waals surface area contributed by atoms with Crippen molar-refractivity contribution in [3.8, 4) is 5.75 Å². The number of hydrogen-bond donors (Lipinski definition) is 1. The van der Waals surface area contributed by atoms with E-state index in [9.17, 15) is 14.4 Å². The standard InChI is InChI=1S/C19H19NO5/c1-13-6-5-7-14(10-13)19(23)20-11-18(22)25-12-16(21)15-8-3-4-9-17(15)24-2/h3-10H,11-12H2,1-2H3,(H,20,23). The minimum absolute atomic E-state index is 0.314. The van der Waals surface area contributed by atoms with Crippen molar-refractivity contribution in [1.82, 2.24) is 5.32 Å². The molecular formula is C19H19NO5. The third-order valence-electron chi connectivity index (χ3n) is 3.45. The Kier molecular flexibility index (Phi) is 6.28. The fraction of sp³-hybridized carbons (Fsp3) is 0.211. The smallest absolute Gasteiger partial charge is 0.325 e. The molecule has 6 nitrogen and oxygen atoms in total. The molecule has 0 bridgehead atoms. The summed E-state index contributed by atoms with van der Waals surface area (Å²) in [5.74, 6) is -1.03. The molecule has 0 aliphatic carbocycles. The van der Waals surface area contributed by atoms with E-state index in [1.807, 2.05) is 13.0 Å². The van der Waals surface area contributed by atoms with Crippen LogP contribution in [0, 0.1) is 6.92 Å². The molecule has 6 heteroatoms. The van der Waals surface area contributed by atoms with E-state index in [1.54, 1.807) is 42.5 Å². The third kappa shape index (κ3) is 5.17. The summed E-state index contributed by atoms with van der Waals surface area (Å²) in [7, 11) is 1.46. The van der Waals surface area contributed by atoms with Gasteiger partial charge >= 0.3 is 5.97 Å². The number of para-hydroxylation sites is 1. The Bertz CT molecular complexity index is 785. The number of Topliss-reactive ketones (excluding diaryl/α,β-unsaturated/α-hetero) is 1. The number of aryl methyl sites for hydroxylation is 1. The van der Waals surface area contributed by atoms with E-state index in [0.29, 0.717) is 16.9 Å². The zero-order chi connectivity index (χ0) is 18.2. The number of amides is 1. The number of hydrogen-bond acceptors (Lipinski definition) is 5. The van der Waals surface area contributed by atoms with Crippen LogP contribution in [-0.4, -0.2) is 37.9 Å². The second-order valence-electron chi connectivity index (χ2n) is 5.34. The van der Waals surface area contributed by atoms with E-state index in [2.05, 4.69) is 5.32 Å². The van der Waals surface area contributed by atoms with E-state index in [4.69, 9.17) is 9.47 Å². The topological polar surface area (TPSA) is 81.7 Å². The molecule has 0 aliphatic rings. The van der Waals surface area contributed by atoms with E-state index >= 15 is 0 Å². The molecule has 0 saturated heterocycles. The highest BCUT2D eigenvalue weighted by molar-refractivity contribution is 6.00. The molecule has 0 heterocycles. The van der Waals surface area contributed by atoms with Crippen molar-refractivity contribution in [2.24, 2.45) is 0 Å². The first kappa shape index (κ1) is 18.2. The molecule has 0 atom stereocenters. The van der Waals surface area contributed by atoms with Crippen LogP contribution in [0.4, 0.5) is 0 Å². The molecule has 0 fully saturated rings. The zero-order valence-electron chi connectivity index (χ0n) is 14.1. The largest absolute Gasteiger partial charge is 0.496 e. The van der Waals surface area contributed by atoms with Gasteiger partial charge in [0.05, 0.1) is 12.7 Å². The van der Waals surface area contributed by atoms with Crippen LogP contribution in [0.25, 0.3) is 0 Å². The molecule has 2 aromatic rings. The summed E-state index contributed by atoms with van der Waals surface area (Å²) in [5, 5.41) is 2.46. The lowest BCUT2D eigenvalue weighted by atomic mass is 10.1. The van der Waals surface area contributed by atoms with Crippen molar-refractivity contribution >= 4 is 17.7 Å². The average molecular weight is 341 g/mol. The minimum atomic E-state index is -0.691. The normalized spacial score (nSPS) is 10.0. The van der Waals surface area contributed by atoms with Crippen LogP contribution in [0.3, 0.4) is 0 Å². The van der Waals surface area contributed by atoms with Gasteiger partial charge in [-0.2, -0.15) is 0 Å². The Morgan fingerprint density at radius 2 is 1.80 bits per heavy atom. The van der Waals surface area contributed by atoms with Crippen LogP contribution in [-0.2, 0) is 9.53 Å². The van der Waals surface area contributed by atoms with E-state index in [1.165, 1.54) is 7.11 Å². The van der Waals surface area contributed by atoms with Crippen molar-refractivity contribution < 1.29 is 23.9 Å². The number of ether oxygens (including phenoxy) is 2. The minimum Gasteiger partial charge on any atom is -0.496 e. The number of rotatable bonds is 7. The molecule has 2 rings (SSSR count). The fourth-order valence-electron chi connectivity index (χ4n) is 2.19. The average Bonchev–Trinajstić information content (AvgIpc) is 2.64. The molecular weight excluding hydrogens is 322 g/mol. The summed E-state index contributed by atoms with van der Waals surface area (Å²) in [5.41, 5.74) is 1.73. The summed E-state index contributed by atoms with van der Waals surface area (Å²) in [6.07, 6.45) is 0. The molecule has 1 N–H and O–H groups in total. The quantitative estimate of drug-likeness (QED) is 0.616. The summed E-state index contributed by atoms with van der Waals surface area (Å²) >= 11 is 0. The van der Waals surface area contributed by atoms with Crippen LogP contribution >= 0.6 is 0 Å². The number of ketones is 1. The maximum absolute atomic E-state index is 12.1. The lowest BCUT2D eigenvalue weighted by Crippen LogP contribution is -2.31. The van der Waals surface area contributed by atoms with Crippen LogP contribution in [0.1, 0.15) is 26.3 Å². The SMILES string of the molecule is COc1ccccc1C(=O)COC(=O)CNC(=O)c1cccc(C)c1. The van der Waals surface area contributed by atoms with Gasteiger partial charge in [-0.05, 0) is 31.2 Å². The van der Waals surface area contributed by atoms with Crippen molar-refractivity contribution in [2.45, 2.75) is 6.92 Å². The van der Waals surface area contributed by atoms with Crippen LogP contribution in [0.5, 0.6) is 5.75 Å². The summed E-state index contributed by atoms with van der Waals surface area (Å²) in [6.45, 7) is 1.14. The highest BCUT2D eigenvalue weighted by atomic mass is 16.5. The van der Waals surface area contributed by atoms with Gasteiger partial charge < -0.3 is 14.8 Å². The van der Waals surface area contributed by atoms with Crippen molar-refractivity contribution in [1.29, 1.82) is 0 Å². The van der Waals surface area contributed by atoms with Gasteiger partial charge in [-0.3, -0.25) is 14.4 Å². The van der Waals surface area contributed by atoms with Crippen LogP contribution in [0.2, 0.25) is 0 Å². The molecule has 0 saturated carbocycles. The highest BCUT2D eigenvalue weighted by Crippen LogP contribution is 2.17. The van der Waals surface area contributed by atoms with Gasteiger partial charge in [0.2, 0.25) is 5.78 Å². The monoisotopic (exact) mass is 341 g/mol. The lowest BCUT2D eigenvalue weighted by molar-refractivity contribution is -0.141. The predicted octanol–water partition coefficient (Wildman–Crippen LogP) is 2.16. The van der Waals surface area contributed by atoms with Crippen molar-refractivity contribution in [3.05, 3.63) is 65.2 Å². The lowest BCUT2D eigenvalue weighted by Gasteiger charge is -2.09. The molecule has 2 aromatic carbocycles. The van der Waals surface area contributed by atoms with Gasteiger partial charge in [-0.25, -0.2) is 0 Å². The van der Waals surface area contributed by atoms with Gasteiger partial charge in [-0.15, -0.1) is 0 Å². The van der Waals surface area contributed by atoms with Gasteiger partial charge in [0.15, 0.2) is 6.61 Å². The first-order valence-electron chi connectivity index (χ1n) is 7.68. The summed E-state index contributed by atoms with van der Waals surface area (Å²) < 4.78 is 10.0. The second-order valence-corrected chi connectivity index (χ2v) is 5.34. The molecule has 0 aromatic heterocycles. The van der Waals surface area contributed by atoms with Gasteiger partial charge in [0.1, 0.15) is 12.3 Å². The fourth-order valence-corrected chi connectivity index (χ4v) is 2.19. The first-order valence-corrected chi connectivity index (χ1v) is 7.68. The maximum atomic E-state index is 12.1. The first-order chi connectivity index (χ1) is 12.0. The third-order valence-corrected chi connectivity index (χ3v) is 3.45. The van der Waals surface area contributed by atoms with Gasteiger partial charge in [0.25, 0.3) is 5.91 Å². The van der Waals surface area contributed by atoms with Gasteiger partial charge in [-0.1, -0.05) is 29.8 Å². The Morgan fingerprint density at radius 1 is 1.04 bits per heavy atom. The molecule has 0 radical (unpaired) electrons. The Morgan fingerprint density at radius 3 is 2.52 bits per heavy atom. The molecule has 1 amide bonds. The summed E-state index contributed by atoms with van der Waals surface area (Å²) in [4.78, 5) is 35.7. The van der Waals surface area contributed by atoms with Crippen molar-refractivity contribution in [3.63, 3.8) is 0 Å². The number of esters is 1. The Hall–Kier alpha value is -3.15. The molecule has 0 spiro atoms. The van der Waals surface area contributed by atoms with E-state index in [-0.39, 0.29) is 18.2 Å². The Labute approximate surface area is 145 Å². The number of benzene rings is 2. The zero-order valence-corrected chi connectivity index (χ0v) is 14.1. The summed E-state index contributed by atoms with van der Waals surface area (Å²) in [6, 6.07) is 13.7. The highest BCUT2D eigenvalue weighted by Gasteiger charge is 2.15. The maximum Gasteiger partial charge on any atom is 0.325 e. The molecule has 0 unspecified atom stereocenters. The second kappa shape index (κ2) is 8.63.